The van der Waals surface area contributed by atoms with Crippen LogP contribution >= 0.6 is 0 Å². The number of imide groups is 1. The van der Waals surface area contributed by atoms with Crippen LogP contribution < -0.4 is 10.1 Å². The number of ether oxygens (including phenoxy) is 2. The van der Waals surface area contributed by atoms with Crippen molar-refractivity contribution in [3.63, 3.8) is 0 Å². The van der Waals surface area contributed by atoms with Gasteiger partial charge in [0, 0.05) is 18.2 Å². The van der Waals surface area contributed by atoms with E-state index in [0.717, 1.165) is 5.56 Å². The van der Waals surface area contributed by atoms with Gasteiger partial charge in [-0.05, 0) is 57.9 Å². The molecule has 11 nitrogen and oxygen atoms in total. The van der Waals surface area contributed by atoms with E-state index in [0.29, 0.717) is 41.2 Å². The summed E-state index contributed by atoms with van der Waals surface area (Å²) in [5, 5.41) is 6.45. The monoisotopic (exact) mass is 560 g/mol. The molecular weight excluding hydrogens is 528 g/mol. The van der Waals surface area contributed by atoms with Gasteiger partial charge in [0.1, 0.15) is 23.7 Å². The number of carbonyl (C=O) groups is 4. The molecular formula is C30H32N4O7. The first-order chi connectivity index (χ1) is 19.5. The first-order valence-electron chi connectivity index (χ1n) is 13.4. The zero-order valence-corrected chi connectivity index (χ0v) is 23.4. The third-order valence-corrected chi connectivity index (χ3v) is 6.86. The second-order valence-corrected chi connectivity index (χ2v) is 11.0. The Labute approximate surface area is 237 Å². The average molecular weight is 561 g/mol. The first kappa shape index (κ1) is 27.9. The Bertz CT molecular complexity index is 1470. The van der Waals surface area contributed by atoms with Gasteiger partial charge in [0.2, 0.25) is 0 Å². The summed E-state index contributed by atoms with van der Waals surface area (Å²) in [6, 6.07) is 13.1. The molecule has 0 radical (unpaired) electrons. The number of carbonyl (C=O) groups excluding carboxylic acids is 4. The summed E-state index contributed by atoms with van der Waals surface area (Å²) in [6.07, 6.45) is -0.0122. The highest BCUT2D eigenvalue weighted by molar-refractivity contribution is 6.21. The van der Waals surface area contributed by atoms with Crippen molar-refractivity contribution in [2.45, 2.75) is 45.8 Å². The van der Waals surface area contributed by atoms with Crippen molar-refractivity contribution in [1.82, 2.24) is 20.3 Å². The Morgan fingerprint density at radius 3 is 2.41 bits per heavy atom. The third-order valence-electron chi connectivity index (χ3n) is 6.86. The Balaban J connectivity index is 1.40. The lowest BCUT2D eigenvalue weighted by atomic mass is 9.91. The highest BCUT2D eigenvalue weighted by Gasteiger charge is 2.42. The lowest BCUT2D eigenvalue weighted by molar-refractivity contribution is 0.00952. The van der Waals surface area contributed by atoms with Crippen LogP contribution in [0.25, 0.3) is 0 Å². The number of aryl methyl sites for hydroxylation is 1. The van der Waals surface area contributed by atoms with E-state index in [9.17, 15) is 19.2 Å². The Morgan fingerprint density at radius 1 is 1.07 bits per heavy atom. The summed E-state index contributed by atoms with van der Waals surface area (Å²) in [7, 11) is 0. The summed E-state index contributed by atoms with van der Waals surface area (Å²) in [4.78, 5) is 55.0. The van der Waals surface area contributed by atoms with Crippen molar-refractivity contribution >= 4 is 23.8 Å². The van der Waals surface area contributed by atoms with Crippen molar-refractivity contribution in [2.75, 3.05) is 26.2 Å². The molecule has 2 aromatic carbocycles. The summed E-state index contributed by atoms with van der Waals surface area (Å²) in [5.74, 6) is -0.192. The molecule has 1 atom stereocenters. The molecule has 5 rings (SSSR count). The lowest BCUT2D eigenvalue weighted by Crippen LogP contribution is -2.48. The van der Waals surface area contributed by atoms with Crippen molar-refractivity contribution in [3.8, 4) is 5.75 Å². The van der Waals surface area contributed by atoms with Gasteiger partial charge in [-0.3, -0.25) is 24.2 Å². The third kappa shape index (κ3) is 5.79. The number of hydrogen-bond acceptors (Lipinski definition) is 8. The lowest BCUT2D eigenvalue weighted by Gasteiger charge is -2.40. The number of hydrogen-bond donors (Lipinski definition) is 1. The van der Waals surface area contributed by atoms with Gasteiger partial charge in [0.05, 0.1) is 30.3 Å². The van der Waals surface area contributed by atoms with Gasteiger partial charge in [-0.2, -0.15) is 0 Å². The smallest absolute Gasteiger partial charge is 0.410 e. The van der Waals surface area contributed by atoms with Crippen LogP contribution in [0, 0.1) is 6.92 Å². The minimum Gasteiger partial charge on any atom is -0.491 e. The number of rotatable bonds is 7. The fraction of sp³-hybridized carbons (Fsp3) is 0.367. The molecule has 4 amide bonds. The predicted molar refractivity (Wildman–Crippen MR) is 147 cm³/mol. The van der Waals surface area contributed by atoms with Gasteiger partial charge in [0.25, 0.3) is 17.7 Å². The maximum absolute atomic E-state index is 13.4. The van der Waals surface area contributed by atoms with Gasteiger partial charge >= 0.3 is 6.09 Å². The number of amides is 4. The molecule has 1 aromatic heterocycles. The molecule has 0 bridgehead atoms. The molecule has 0 fully saturated rings. The minimum atomic E-state index is -0.742. The van der Waals surface area contributed by atoms with E-state index < -0.39 is 29.6 Å². The molecule has 0 aliphatic carbocycles. The number of nitrogens with one attached hydrogen (secondary N) is 1. The molecule has 0 saturated carbocycles. The SMILES string of the molecule is Cc1cc(C(=O)NCCOc2cccc3c2[C@@H](CN2C(=O)c4ccccc4C2=O)N(C(=O)OC(C)(C)C)CC3)no1. The number of fused-ring (bicyclic) bond motifs is 2. The average Bonchev–Trinajstić information content (AvgIpc) is 3.47. The van der Waals surface area contributed by atoms with Crippen molar-refractivity contribution in [3.05, 3.63) is 82.2 Å². The minimum absolute atomic E-state index is 0.0682. The summed E-state index contributed by atoms with van der Waals surface area (Å²) >= 11 is 0. The number of nitrogens with zero attached hydrogens (tertiary/aromatic N) is 3. The summed E-state index contributed by atoms with van der Waals surface area (Å²) in [6.45, 7) is 7.64. The molecule has 11 heteroatoms. The predicted octanol–water partition coefficient (Wildman–Crippen LogP) is 3.92. The van der Waals surface area contributed by atoms with E-state index in [-0.39, 0.29) is 31.3 Å². The molecule has 41 heavy (non-hydrogen) atoms. The van der Waals surface area contributed by atoms with E-state index in [1.165, 1.54) is 4.90 Å². The van der Waals surface area contributed by atoms with Crippen LogP contribution in [-0.2, 0) is 11.2 Å². The highest BCUT2D eigenvalue weighted by Crippen LogP contribution is 2.39. The van der Waals surface area contributed by atoms with E-state index >= 15 is 0 Å². The van der Waals surface area contributed by atoms with E-state index in [4.69, 9.17) is 14.0 Å². The zero-order valence-electron chi connectivity index (χ0n) is 23.4. The van der Waals surface area contributed by atoms with Gasteiger partial charge in [0.15, 0.2) is 5.69 Å². The van der Waals surface area contributed by atoms with Crippen LogP contribution in [0.3, 0.4) is 0 Å². The molecule has 2 aliphatic heterocycles. The van der Waals surface area contributed by atoms with E-state index in [1.807, 2.05) is 12.1 Å². The maximum Gasteiger partial charge on any atom is 0.410 e. The second-order valence-electron chi connectivity index (χ2n) is 11.0. The largest absolute Gasteiger partial charge is 0.491 e. The van der Waals surface area contributed by atoms with Gasteiger partial charge in [-0.1, -0.05) is 29.4 Å². The fourth-order valence-electron chi connectivity index (χ4n) is 5.06. The molecule has 2 aliphatic rings. The highest BCUT2D eigenvalue weighted by atomic mass is 16.6. The van der Waals surface area contributed by atoms with Crippen LogP contribution in [0.15, 0.2) is 53.1 Å². The zero-order chi connectivity index (χ0) is 29.3. The van der Waals surface area contributed by atoms with Crippen LogP contribution in [0.2, 0.25) is 0 Å². The Hall–Kier alpha value is -4.67. The molecule has 3 heterocycles. The van der Waals surface area contributed by atoms with E-state index in [2.05, 4.69) is 10.5 Å². The number of benzene rings is 2. The summed E-state index contributed by atoms with van der Waals surface area (Å²) < 4.78 is 16.8. The quantitative estimate of drug-likeness (QED) is 0.340. The second kappa shape index (κ2) is 11.1. The topological polar surface area (TPSA) is 131 Å². The van der Waals surface area contributed by atoms with Gasteiger partial charge in [-0.15, -0.1) is 0 Å². The van der Waals surface area contributed by atoms with Crippen molar-refractivity contribution < 1.29 is 33.2 Å². The van der Waals surface area contributed by atoms with Crippen LogP contribution in [0.5, 0.6) is 5.75 Å². The Kier molecular flexibility index (Phi) is 7.53. The van der Waals surface area contributed by atoms with Crippen LogP contribution in [0.1, 0.15) is 74.9 Å². The normalized spacial score (nSPS) is 16.3. The molecule has 3 aromatic rings. The van der Waals surface area contributed by atoms with Gasteiger partial charge < -0.3 is 19.3 Å². The standard InChI is InChI=1S/C30H32N4O7/c1-18-16-22(32-41-18)26(35)31-13-15-39-24-11-7-8-19-12-14-33(29(38)40-30(2,3)4)23(25(19)24)17-34-27(36)20-9-5-6-10-21(20)28(34)37/h5-11,16,23H,12-15,17H2,1-4H3,(H,31,35)/t23-/m1/s1. The van der Waals surface area contributed by atoms with E-state index in [1.54, 1.807) is 69.0 Å². The van der Waals surface area contributed by atoms with Crippen molar-refractivity contribution in [1.29, 1.82) is 0 Å². The molecule has 1 N–H and O–H groups in total. The van der Waals surface area contributed by atoms with Crippen LogP contribution in [-0.4, -0.2) is 70.6 Å². The van der Waals surface area contributed by atoms with Gasteiger partial charge in [-0.25, -0.2) is 4.79 Å². The molecule has 0 spiro atoms. The fourth-order valence-corrected chi connectivity index (χ4v) is 5.06. The Morgan fingerprint density at radius 2 is 1.78 bits per heavy atom. The molecule has 0 unspecified atom stereocenters. The molecule has 0 saturated heterocycles. The van der Waals surface area contributed by atoms with Crippen molar-refractivity contribution in [2.24, 2.45) is 0 Å². The van der Waals surface area contributed by atoms with Crippen LogP contribution in [0.4, 0.5) is 4.79 Å². The summed E-state index contributed by atoms with van der Waals surface area (Å²) in [5.41, 5.74) is 1.73. The first-order valence-corrected chi connectivity index (χ1v) is 13.4. The molecule has 214 valence electrons. The maximum atomic E-state index is 13.4. The number of aromatic nitrogens is 1.